The summed E-state index contributed by atoms with van der Waals surface area (Å²) in [5, 5.41) is 0. The van der Waals surface area contributed by atoms with Crippen molar-refractivity contribution < 1.29 is 13.2 Å². The van der Waals surface area contributed by atoms with E-state index in [1.54, 1.807) is 24.3 Å². The second-order valence-corrected chi connectivity index (χ2v) is 6.30. The lowest BCUT2D eigenvalue weighted by molar-refractivity contribution is -0.114. The highest BCUT2D eigenvalue weighted by molar-refractivity contribution is 8.00. The highest BCUT2D eigenvalue weighted by Gasteiger charge is 2.06. The third kappa shape index (κ3) is 4.05. The minimum absolute atomic E-state index is 0.104. The molecule has 0 heterocycles. The van der Waals surface area contributed by atoms with Gasteiger partial charge in [-0.2, -0.15) is 0 Å². The monoisotopic (exact) mass is 244 g/mol. The van der Waals surface area contributed by atoms with Crippen molar-refractivity contribution in [1.29, 1.82) is 0 Å². The van der Waals surface area contributed by atoms with E-state index in [0.717, 1.165) is 4.90 Å². The number of Topliss-reactive ketones (excluding diaryl/α,β-unsaturated/α-hetero) is 1. The fourth-order valence-corrected chi connectivity index (χ4v) is 2.30. The Morgan fingerprint density at radius 1 is 1.27 bits per heavy atom. The van der Waals surface area contributed by atoms with Gasteiger partial charge >= 0.3 is 0 Å². The first-order chi connectivity index (χ1) is 6.89. The first-order valence-electron chi connectivity index (χ1n) is 4.32. The first-order valence-corrected chi connectivity index (χ1v) is 7.19. The summed E-state index contributed by atoms with van der Waals surface area (Å²) in [4.78, 5) is 11.9. The largest absolute Gasteiger partial charge is 0.299 e. The van der Waals surface area contributed by atoms with Crippen LogP contribution in [0.3, 0.4) is 0 Å². The van der Waals surface area contributed by atoms with E-state index in [1.807, 2.05) is 0 Å². The van der Waals surface area contributed by atoms with Gasteiger partial charge in [-0.25, -0.2) is 8.42 Å². The van der Waals surface area contributed by atoms with E-state index in [-0.39, 0.29) is 5.78 Å². The van der Waals surface area contributed by atoms with Gasteiger partial charge in [0.1, 0.15) is 5.78 Å². The number of sulfone groups is 1. The molecule has 82 valence electrons. The number of ketones is 1. The zero-order valence-corrected chi connectivity index (χ0v) is 10.2. The van der Waals surface area contributed by atoms with Gasteiger partial charge in [0.05, 0.1) is 10.6 Å². The molecule has 0 aliphatic carbocycles. The van der Waals surface area contributed by atoms with Crippen LogP contribution in [0, 0.1) is 0 Å². The Bertz CT molecular complexity index is 446. The number of hydrogen-bond donors (Lipinski definition) is 0. The van der Waals surface area contributed by atoms with Gasteiger partial charge in [-0.1, -0.05) is 0 Å². The summed E-state index contributed by atoms with van der Waals surface area (Å²) in [5.74, 6) is 0.519. The van der Waals surface area contributed by atoms with E-state index < -0.39 is 9.84 Å². The van der Waals surface area contributed by atoms with Crippen molar-refractivity contribution in [2.24, 2.45) is 0 Å². The molecule has 0 saturated carbocycles. The van der Waals surface area contributed by atoms with Crippen LogP contribution in [0.5, 0.6) is 0 Å². The highest BCUT2D eigenvalue weighted by atomic mass is 32.2. The smallest absolute Gasteiger partial charge is 0.175 e. The van der Waals surface area contributed by atoms with Crippen LogP contribution < -0.4 is 0 Å². The second kappa shape index (κ2) is 4.81. The number of carbonyl (C=O) groups is 1. The third-order valence-electron chi connectivity index (χ3n) is 1.69. The summed E-state index contributed by atoms with van der Waals surface area (Å²) in [5.41, 5.74) is 0. The van der Waals surface area contributed by atoms with E-state index in [2.05, 4.69) is 0 Å². The molecule has 0 amide bonds. The van der Waals surface area contributed by atoms with Gasteiger partial charge in [0.25, 0.3) is 0 Å². The lowest BCUT2D eigenvalue weighted by Gasteiger charge is -2.01. The van der Waals surface area contributed by atoms with E-state index in [1.165, 1.54) is 24.9 Å². The van der Waals surface area contributed by atoms with Gasteiger partial charge in [-0.3, -0.25) is 4.79 Å². The molecule has 0 radical (unpaired) electrons. The molecule has 0 aliphatic rings. The zero-order chi connectivity index (χ0) is 11.5. The fraction of sp³-hybridized carbons (Fsp3) is 0.300. The molecule has 0 fully saturated rings. The number of benzene rings is 1. The van der Waals surface area contributed by atoms with Gasteiger partial charge in [0.15, 0.2) is 9.84 Å². The maximum absolute atomic E-state index is 11.1. The van der Waals surface area contributed by atoms with Crippen molar-refractivity contribution in [2.75, 3.05) is 12.0 Å². The van der Waals surface area contributed by atoms with Crippen LogP contribution in [-0.4, -0.2) is 26.2 Å². The van der Waals surface area contributed by atoms with Gasteiger partial charge < -0.3 is 0 Å². The Hall–Kier alpha value is -0.810. The molecule has 1 rings (SSSR count). The van der Waals surface area contributed by atoms with Crippen molar-refractivity contribution in [3.05, 3.63) is 24.3 Å². The lowest BCUT2D eigenvalue weighted by atomic mass is 10.4. The first kappa shape index (κ1) is 12.3. The van der Waals surface area contributed by atoms with Crippen LogP contribution in [0.2, 0.25) is 0 Å². The Labute approximate surface area is 93.8 Å². The summed E-state index contributed by atoms with van der Waals surface area (Å²) in [6, 6.07) is 6.53. The quantitative estimate of drug-likeness (QED) is 0.757. The SMILES string of the molecule is CC(=O)CSc1ccc(S(C)(=O)=O)cc1. The molecule has 0 unspecified atom stereocenters. The van der Waals surface area contributed by atoms with E-state index in [9.17, 15) is 13.2 Å². The Morgan fingerprint density at radius 2 is 1.80 bits per heavy atom. The lowest BCUT2D eigenvalue weighted by Crippen LogP contribution is -1.96. The van der Waals surface area contributed by atoms with Crippen molar-refractivity contribution in [1.82, 2.24) is 0 Å². The van der Waals surface area contributed by atoms with Crippen molar-refractivity contribution >= 4 is 27.4 Å². The topological polar surface area (TPSA) is 51.2 Å². The molecule has 1 aromatic carbocycles. The Balaban J connectivity index is 2.77. The minimum atomic E-state index is -3.13. The van der Waals surface area contributed by atoms with Crippen LogP contribution >= 0.6 is 11.8 Å². The average molecular weight is 244 g/mol. The van der Waals surface area contributed by atoms with E-state index in [0.29, 0.717) is 10.6 Å². The molecule has 3 nitrogen and oxygen atoms in total. The van der Waals surface area contributed by atoms with Crippen LogP contribution in [-0.2, 0) is 14.6 Å². The summed E-state index contributed by atoms with van der Waals surface area (Å²) in [6.07, 6.45) is 1.17. The molecule has 5 heteroatoms. The summed E-state index contributed by atoms with van der Waals surface area (Å²) >= 11 is 1.40. The molecule has 0 atom stereocenters. The molecule has 0 N–H and O–H groups in total. The molecule has 0 aromatic heterocycles. The van der Waals surface area contributed by atoms with Crippen LogP contribution in [0.1, 0.15) is 6.92 Å². The molecule has 1 aromatic rings. The van der Waals surface area contributed by atoms with E-state index in [4.69, 9.17) is 0 Å². The Kier molecular flexibility index (Phi) is 3.93. The maximum Gasteiger partial charge on any atom is 0.175 e. The molecule has 0 aliphatic heterocycles. The molecule has 0 saturated heterocycles. The van der Waals surface area contributed by atoms with Crippen molar-refractivity contribution in [2.45, 2.75) is 16.7 Å². The summed E-state index contributed by atoms with van der Waals surface area (Å²) < 4.78 is 22.3. The molecular weight excluding hydrogens is 232 g/mol. The predicted octanol–water partition coefficient (Wildman–Crippen LogP) is 1.77. The number of hydrogen-bond acceptors (Lipinski definition) is 4. The molecule has 15 heavy (non-hydrogen) atoms. The average Bonchev–Trinajstić information content (AvgIpc) is 2.14. The molecular formula is C10H12O3S2. The number of rotatable bonds is 4. The van der Waals surface area contributed by atoms with Crippen LogP contribution in [0.25, 0.3) is 0 Å². The van der Waals surface area contributed by atoms with Gasteiger partial charge in [0.2, 0.25) is 0 Å². The minimum Gasteiger partial charge on any atom is -0.299 e. The molecule has 0 spiro atoms. The normalized spacial score (nSPS) is 11.3. The number of carbonyl (C=O) groups excluding carboxylic acids is 1. The second-order valence-electron chi connectivity index (χ2n) is 3.23. The molecule has 0 bridgehead atoms. The van der Waals surface area contributed by atoms with Gasteiger partial charge in [-0.15, -0.1) is 11.8 Å². The summed E-state index contributed by atoms with van der Waals surface area (Å²) in [7, 11) is -3.13. The number of thioether (sulfide) groups is 1. The van der Waals surface area contributed by atoms with Crippen LogP contribution in [0.15, 0.2) is 34.1 Å². The van der Waals surface area contributed by atoms with Gasteiger partial charge in [0, 0.05) is 11.2 Å². The van der Waals surface area contributed by atoms with Crippen molar-refractivity contribution in [3.8, 4) is 0 Å². The standard InChI is InChI=1S/C10H12O3S2/c1-8(11)7-14-9-3-5-10(6-4-9)15(2,12)13/h3-6H,7H2,1-2H3. The maximum atomic E-state index is 11.1. The zero-order valence-electron chi connectivity index (χ0n) is 8.56. The van der Waals surface area contributed by atoms with Gasteiger partial charge in [-0.05, 0) is 31.2 Å². The van der Waals surface area contributed by atoms with Crippen molar-refractivity contribution in [3.63, 3.8) is 0 Å². The Morgan fingerprint density at radius 3 is 2.20 bits per heavy atom. The third-order valence-corrected chi connectivity index (χ3v) is 3.98. The predicted molar refractivity (Wildman–Crippen MR) is 61.0 cm³/mol. The fourth-order valence-electron chi connectivity index (χ4n) is 0.968. The van der Waals surface area contributed by atoms with Crippen LogP contribution in [0.4, 0.5) is 0 Å². The van der Waals surface area contributed by atoms with E-state index >= 15 is 0 Å². The summed E-state index contributed by atoms with van der Waals surface area (Å²) in [6.45, 7) is 1.53. The highest BCUT2D eigenvalue weighted by Crippen LogP contribution is 2.20.